The molecule has 2 rings (SSSR count). The van der Waals surface area contributed by atoms with E-state index in [4.69, 9.17) is 0 Å². The summed E-state index contributed by atoms with van der Waals surface area (Å²) in [5.41, 5.74) is -0.909. The van der Waals surface area contributed by atoms with Gasteiger partial charge in [0.25, 0.3) is 0 Å². The number of Topliss-reactive ketones (excluding diaryl/α,β-unsaturated/α-hetero) is 1. The Morgan fingerprint density at radius 3 is 2.21 bits per heavy atom. The fraction of sp³-hybridized carbons (Fsp3) is 0.833. The summed E-state index contributed by atoms with van der Waals surface area (Å²) in [6, 6.07) is -3.25. The molecule has 3 unspecified atom stereocenters. The van der Waals surface area contributed by atoms with Crippen molar-refractivity contribution in [1.82, 2.24) is 30.5 Å². The van der Waals surface area contributed by atoms with Gasteiger partial charge in [-0.2, -0.15) is 0 Å². The lowest BCUT2D eigenvalue weighted by molar-refractivity contribution is -0.142. The summed E-state index contributed by atoms with van der Waals surface area (Å²) in [5.74, 6) is -0.887. The third-order valence-corrected chi connectivity index (χ3v) is 8.51. The molecule has 0 bridgehead atoms. The number of aldehydes is 1. The van der Waals surface area contributed by atoms with E-state index in [0.717, 1.165) is 38.8 Å². The highest BCUT2D eigenvalue weighted by atomic mass is 32.1. The van der Waals surface area contributed by atoms with E-state index in [1.54, 1.807) is 0 Å². The first-order chi connectivity index (χ1) is 19.6. The van der Waals surface area contributed by atoms with Crippen LogP contribution in [0.3, 0.4) is 0 Å². The Hall–Kier alpha value is -2.18. The van der Waals surface area contributed by atoms with Gasteiger partial charge in [0, 0.05) is 25.7 Å². The van der Waals surface area contributed by atoms with Gasteiger partial charge in [-0.3, -0.25) is 23.5 Å². The minimum atomic E-state index is -0.892. The molecule has 4 atom stereocenters. The molecule has 12 heteroatoms. The number of urea groups is 1. The largest absolute Gasteiger partial charge is 0.344 e. The highest BCUT2D eigenvalue weighted by Crippen LogP contribution is 2.34. The molecule has 1 saturated carbocycles. The molecule has 0 aromatic rings. The molecule has 11 nitrogen and oxygen atoms in total. The standard InChI is InChI=1S/C30H54N6O5S/c1-29(2,3)24(18-35(42)16-9-15-31-7)33-28(41)34-25(30(4,5)6)27(40)36-17-8-10-22(36)26(39)32-21(23(38)19-37)14-13-20-11-12-20/h19-22,24-25,31,42H,8-18H2,1-7H3,(H,32,39)(H2,33,34,41)/t21?,22?,24-,25?/m1/s1. The Kier molecular flexibility index (Phi) is 13.8. The SMILES string of the molecule is CNCCCN(S)C[C@@H](NC(=O)NC(C(=O)N1CCCC1C(=O)NC(CCC1CC1)C(=O)C=O)C(C)(C)C)C(C)(C)C. The lowest BCUT2D eigenvalue weighted by atomic mass is 9.85. The van der Waals surface area contributed by atoms with Gasteiger partial charge in [0.2, 0.25) is 17.6 Å². The van der Waals surface area contributed by atoms with E-state index in [9.17, 15) is 24.0 Å². The first kappa shape index (κ1) is 36.0. The van der Waals surface area contributed by atoms with Gasteiger partial charge in [-0.15, -0.1) is 0 Å². The third kappa shape index (κ3) is 11.5. The molecule has 4 N–H and O–H groups in total. The van der Waals surface area contributed by atoms with Gasteiger partial charge in [-0.1, -0.05) is 67.2 Å². The Balaban J connectivity index is 2.11. The number of rotatable bonds is 16. The van der Waals surface area contributed by atoms with Crippen LogP contribution in [0.2, 0.25) is 0 Å². The zero-order chi connectivity index (χ0) is 31.7. The molecular weight excluding hydrogens is 556 g/mol. The first-order valence-corrected chi connectivity index (χ1v) is 15.7. The molecular formula is C30H54N6O5S. The van der Waals surface area contributed by atoms with Crippen molar-refractivity contribution in [2.24, 2.45) is 16.7 Å². The van der Waals surface area contributed by atoms with E-state index in [-0.39, 0.29) is 23.7 Å². The third-order valence-electron chi connectivity index (χ3n) is 8.15. The van der Waals surface area contributed by atoms with Gasteiger partial charge in [-0.05, 0) is 62.4 Å². The van der Waals surface area contributed by atoms with E-state index in [2.05, 4.69) is 34.1 Å². The molecule has 0 radical (unpaired) electrons. The number of amides is 4. The maximum Gasteiger partial charge on any atom is 0.315 e. The van der Waals surface area contributed by atoms with Crippen LogP contribution in [0.15, 0.2) is 0 Å². The second-order valence-corrected chi connectivity index (χ2v) is 14.6. The molecule has 1 aliphatic heterocycles. The zero-order valence-corrected chi connectivity index (χ0v) is 27.5. The van der Waals surface area contributed by atoms with Crippen LogP contribution < -0.4 is 21.3 Å². The van der Waals surface area contributed by atoms with E-state index < -0.39 is 41.3 Å². The van der Waals surface area contributed by atoms with Crippen molar-refractivity contribution in [1.29, 1.82) is 0 Å². The van der Waals surface area contributed by atoms with Crippen LogP contribution in [0.25, 0.3) is 0 Å². The summed E-state index contributed by atoms with van der Waals surface area (Å²) in [6.45, 7) is 14.2. The fourth-order valence-electron chi connectivity index (χ4n) is 5.17. The van der Waals surface area contributed by atoms with Crippen LogP contribution in [0.1, 0.15) is 86.5 Å². The predicted molar refractivity (Wildman–Crippen MR) is 167 cm³/mol. The molecule has 1 aliphatic carbocycles. The minimum absolute atomic E-state index is 0.242. The summed E-state index contributed by atoms with van der Waals surface area (Å²) < 4.78 is 1.89. The summed E-state index contributed by atoms with van der Waals surface area (Å²) >= 11 is 4.60. The number of hydrogen-bond acceptors (Lipinski definition) is 8. The quantitative estimate of drug-likeness (QED) is 0.0782. The van der Waals surface area contributed by atoms with E-state index in [1.165, 1.54) is 4.90 Å². The molecule has 0 aromatic heterocycles. The number of carbonyl (C=O) groups excluding carboxylic acids is 5. The molecule has 2 fully saturated rings. The molecule has 2 aliphatic rings. The second-order valence-electron chi connectivity index (χ2n) is 14.0. The molecule has 4 amide bonds. The van der Waals surface area contributed by atoms with Gasteiger partial charge in [0.1, 0.15) is 12.1 Å². The van der Waals surface area contributed by atoms with Gasteiger partial charge in [-0.25, -0.2) is 4.79 Å². The number of carbonyl (C=O) groups is 5. The number of thiol groups is 1. The number of hydrogen-bond donors (Lipinski definition) is 5. The Morgan fingerprint density at radius 1 is 1.00 bits per heavy atom. The van der Waals surface area contributed by atoms with Crippen LogP contribution in [0.5, 0.6) is 0 Å². The van der Waals surface area contributed by atoms with Gasteiger partial charge < -0.3 is 26.2 Å². The second kappa shape index (κ2) is 16.0. The average Bonchev–Trinajstić information content (AvgIpc) is 3.60. The Bertz CT molecular complexity index is 945. The highest BCUT2D eigenvalue weighted by molar-refractivity contribution is 7.77. The van der Waals surface area contributed by atoms with Crippen molar-refractivity contribution in [2.75, 3.05) is 33.2 Å². The fourth-order valence-corrected chi connectivity index (χ4v) is 5.47. The monoisotopic (exact) mass is 610 g/mol. The predicted octanol–water partition coefficient (Wildman–Crippen LogP) is 2.31. The minimum Gasteiger partial charge on any atom is -0.344 e. The Morgan fingerprint density at radius 2 is 1.67 bits per heavy atom. The van der Waals surface area contributed by atoms with E-state index in [1.807, 2.05) is 52.9 Å². The van der Waals surface area contributed by atoms with Crippen molar-refractivity contribution in [3.63, 3.8) is 0 Å². The maximum absolute atomic E-state index is 13.9. The summed E-state index contributed by atoms with van der Waals surface area (Å²) in [6.07, 6.45) is 5.65. The maximum atomic E-state index is 13.9. The van der Waals surface area contributed by atoms with Crippen LogP contribution in [-0.2, 0) is 19.2 Å². The number of ketones is 1. The van der Waals surface area contributed by atoms with Crippen molar-refractivity contribution in [3.8, 4) is 0 Å². The van der Waals surface area contributed by atoms with Gasteiger partial charge in [0.05, 0.1) is 6.04 Å². The summed E-state index contributed by atoms with van der Waals surface area (Å²) in [4.78, 5) is 65.5. The van der Waals surface area contributed by atoms with Crippen LogP contribution in [0, 0.1) is 16.7 Å². The number of nitrogens with zero attached hydrogens (tertiary/aromatic N) is 2. The number of likely N-dealkylation sites (tertiary alicyclic amines) is 1. The van der Waals surface area contributed by atoms with Crippen LogP contribution in [0.4, 0.5) is 4.79 Å². The smallest absolute Gasteiger partial charge is 0.315 e. The Labute approximate surface area is 257 Å². The van der Waals surface area contributed by atoms with E-state index >= 15 is 0 Å². The normalized spacial score (nSPS) is 19.6. The first-order valence-electron chi connectivity index (χ1n) is 15.3. The van der Waals surface area contributed by atoms with Gasteiger partial charge >= 0.3 is 6.03 Å². The van der Waals surface area contributed by atoms with Crippen LogP contribution in [-0.4, -0.2) is 96.5 Å². The molecule has 1 saturated heterocycles. The zero-order valence-electron chi connectivity index (χ0n) is 26.6. The summed E-state index contributed by atoms with van der Waals surface area (Å²) in [7, 11) is 1.90. The topological polar surface area (TPSA) is 140 Å². The average molecular weight is 611 g/mol. The van der Waals surface area contributed by atoms with Crippen molar-refractivity contribution in [3.05, 3.63) is 0 Å². The van der Waals surface area contributed by atoms with Crippen molar-refractivity contribution >= 4 is 42.7 Å². The molecule has 0 aromatic carbocycles. The van der Waals surface area contributed by atoms with E-state index in [0.29, 0.717) is 38.3 Å². The molecule has 1 heterocycles. The molecule has 240 valence electrons. The van der Waals surface area contributed by atoms with Crippen LogP contribution >= 0.6 is 12.8 Å². The molecule has 0 spiro atoms. The van der Waals surface area contributed by atoms with Gasteiger partial charge in [0.15, 0.2) is 6.29 Å². The lowest BCUT2D eigenvalue weighted by Crippen LogP contribution is -2.61. The van der Waals surface area contributed by atoms with Crippen molar-refractivity contribution < 1.29 is 24.0 Å². The highest BCUT2D eigenvalue weighted by Gasteiger charge is 2.43. The lowest BCUT2D eigenvalue weighted by Gasteiger charge is -2.37. The number of nitrogens with one attached hydrogen (secondary N) is 4. The molecule has 42 heavy (non-hydrogen) atoms. The summed E-state index contributed by atoms with van der Waals surface area (Å²) in [5, 5.41) is 11.8. The van der Waals surface area contributed by atoms with Crippen molar-refractivity contribution in [2.45, 2.75) is 111 Å².